The lowest BCUT2D eigenvalue weighted by Gasteiger charge is -2.23. The van der Waals surface area contributed by atoms with E-state index in [4.69, 9.17) is 30.9 Å². The summed E-state index contributed by atoms with van der Waals surface area (Å²) in [7, 11) is 0. The van der Waals surface area contributed by atoms with E-state index in [1.807, 2.05) is 24.3 Å². The molecule has 0 spiro atoms. The molecule has 56 heavy (non-hydrogen) atoms. The van der Waals surface area contributed by atoms with Crippen molar-refractivity contribution in [3.05, 3.63) is 130 Å². The standard InChI is InChI=1S/C44H45ClN4O7/c1-28-33(5-3-7-38(28)39-8-4-6-37(29(39)2)32-9-11-36(12-10-32)54-16-14-47-13-15-50)27-56-43-20-42(55-26-31-17-30(21-46)22-48-23-31)34(18-40(43)45)24-49-25-35(51)19-41(49)44(52)53/h3-12,17-18,20,22-23,35,41,47,50-51H,13-16,19,24-27H2,1-2H3,(H,52,53)/t35-,41-/m0/s1. The van der Waals surface area contributed by atoms with E-state index in [0.29, 0.717) is 52.9 Å². The van der Waals surface area contributed by atoms with Crippen LogP contribution in [0.3, 0.4) is 0 Å². The average molecular weight is 777 g/mol. The molecule has 4 aromatic carbocycles. The van der Waals surface area contributed by atoms with Gasteiger partial charge < -0.3 is 34.8 Å². The highest BCUT2D eigenvalue weighted by Gasteiger charge is 2.36. The number of ether oxygens (including phenoxy) is 3. The van der Waals surface area contributed by atoms with Gasteiger partial charge in [0.15, 0.2) is 0 Å². The van der Waals surface area contributed by atoms with Gasteiger partial charge in [-0.05, 0) is 77.1 Å². The van der Waals surface area contributed by atoms with Crippen molar-refractivity contribution in [1.82, 2.24) is 15.2 Å². The highest BCUT2D eigenvalue weighted by molar-refractivity contribution is 6.32. The molecule has 2 atom stereocenters. The number of aromatic nitrogens is 1. The number of carboxylic acids is 1. The molecule has 2 heterocycles. The molecule has 1 aliphatic heterocycles. The highest BCUT2D eigenvalue weighted by atomic mass is 35.5. The second kappa shape index (κ2) is 18.9. The largest absolute Gasteiger partial charge is 0.492 e. The van der Waals surface area contributed by atoms with Crippen molar-refractivity contribution in [2.24, 2.45) is 0 Å². The number of hydrogen-bond acceptors (Lipinski definition) is 10. The Hall–Kier alpha value is -5.48. The number of likely N-dealkylation sites (tertiary alicyclic amines) is 1. The molecule has 0 aliphatic carbocycles. The molecule has 5 aromatic rings. The molecule has 0 unspecified atom stereocenters. The number of aliphatic carboxylic acids is 1. The van der Waals surface area contributed by atoms with Crippen molar-refractivity contribution in [3.8, 4) is 45.6 Å². The number of nitriles is 1. The number of nitrogens with zero attached hydrogens (tertiary/aromatic N) is 3. The zero-order valence-corrected chi connectivity index (χ0v) is 32.1. The third kappa shape index (κ3) is 9.84. The maximum absolute atomic E-state index is 12.0. The molecular formula is C44H45ClN4O7. The molecule has 6 rings (SSSR count). The summed E-state index contributed by atoms with van der Waals surface area (Å²) in [4.78, 5) is 17.8. The van der Waals surface area contributed by atoms with Crippen LogP contribution >= 0.6 is 11.6 Å². The van der Waals surface area contributed by atoms with E-state index < -0.39 is 18.1 Å². The minimum atomic E-state index is -1.01. The van der Waals surface area contributed by atoms with Gasteiger partial charge in [-0.2, -0.15) is 5.26 Å². The van der Waals surface area contributed by atoms with Crippen LogP contribution in [-0.4, -0.2) is 76.2 Å². The Bertz CT molecular complexity index is 2190. The van der Waals surface area contributed by atoms with Gasteiger partial charge in [-0.3, -0.25) is 14.7 Å². The first-order chi connectivity index (χ1) is 27.1. The van der Waals surface area contributed by atoms with E-state index in [0.717, 1.165) is 44.7 Å². The molecule has 0 amide bonds. The number of carbonyl (C=O) groups is 1. The molecular weight excluding hydrogens is 732 g/mol. The number of nitrogens with one attached hydrogen (secondary N) is 1. The molecule has 0 radical (unpaired) electrons. The number of carboxylic acid groups (broad SMARTS) is 1. The highest BCUT2D eigenvalue weighted by Crippen LogP contribution is 2.38. The maximum atomic E-state index is 12.0. The molecule has 11 nitrogen and oxygen atoms in total. The predicted octanol–water partition coefficient (Wildman–Crippen LogP) is 6.70. The number of hydrogen-bond donors (Lipinski definition) is 4. The zero-order valence-electron chi connectivity index (χ0n) is 31.4. The minimum absolute atomic E-state index is 0.0969. The Labute approximate surface area is 331 Å². The van der Waals surface area contributed by atoms with Crippen molar-refractivity contribution in [2.45, 2.75) is 52.2 Å². The first-order valence-corrected chi connectivity index (χ1v) is 18.8. The van der Waals surface area contributed by atoms with Gasteiger partial charge in [0.2, 0.25) is 0 Å². The van der Waals surface area contributed by atoms with E-state index >= 15 is 0 Å². The number of aliphatic hydroxyl groups is 2. The molecule has 4 N–H and O–H groups in total. The smallest absolute Gasteiger partial charge is 0.321 e. The van der Waals surface area contributed by atoms with Gasteiger partial charge in [-0.1, -0.05) is 60.1 Å². The summed E-state index contributed by atoms with van der Waals surface area (Å²) < 4.78 is 18.5. The van der Waals surface area contributed by atoms with Crippen LogP contribution in [0.1, 0.15) is 39.8 Å². The number of rotatable bonds is 17. The summed E-state index contributed by atoms with van der Waals surface area (Å²) in [6.45, 7) is 6.71. The van der Waals surface area contributed by atoms with Crippen LogP contribution in [-0.2, 0) is 24.6 Å². The first kappa shape index (κ1) is 40.2. The molecule has 1 aliphatic rings. The Kier molecular flexibility index (Phi) is 13.6. The SMILES string of the molecule is Cc1c(COc2cc(OCc3cncc(C#N)c3)c(CN3C[C@@H](O)C[C@H]3C(=O)O)cc2Cl)cccc1-c1cccc(-c2ccc(OCCNCCO)cc2)c1C. The summed E-state index contributed by atoms with van der Waals surface area (Å²) in [6, 6.07) is 26.9. The second-order valence-electron chi connectivity index (χ2n) is 13.7. The fraction of sp³-hybridized carbons (Fsp3) is 0.295. The van der Waals surface area contributed by atoms with Gasteiger partial charge in [-0.25, -0.2) is 0 Å². The number of halogens is 1. The van der Waals surface area contributed by atoms with Crippen molar-refractivity contribution < 1.29 is 34.3 Å². The maximum Gasteiger partial charge on any atom is 0.321 e. The van der Waals surface area contributed by atoms with Crippen molar-refractivity contribution >= 4 is 17.6 Å². The van der Waals surface area contributed by atoms with Gasteiger partial charge in [0.25, 0.3) is 0 Å². The van der Waals surface area contributed by atoms with Gasteiger partial charge in [0.05, 0.1) is 23.3 Å². The fourth-order valence-electron chi connectivity index (χ4n) is 6.97. The third-order valence-electron chi connectivity index (χ3n) is 9.93. The summed E-state index contributed by atoms with van der Waals surface area (Å²) in [5.41, 5.74) is 9.29. The fourth-order valence-corrected chi connectivity index (χ4v) is 7.21. The van der Waals surface area contributed by atoms with E-state index in [2.05, 4.69) is 66.6 Å². The average Bonchev–Trinajstić information content (AvgIpc) is 3.58. The van der Waals surface area contributed by atoms with Crippen molar-refractivity contribution in [2.75, 3.05) is 32.8 Å². The van der Waals surface area contributed by atoms with Gasteiger partial charge in [-0.15, -0.1) is 0 Å². The Morgan fingerprint density at radius 2 is 1.64 bits per heavy atom. The zero-order chi connectivity index (χ0) is 39.6. The summed E-state index contributed by atoms with van der Waals surface area (Å²) in [5.74, 6) is 0.604. The number of pyridine rings is 1. The molecule has 290 valence electrons. The predicted molar refractivity (Wildman–Crippen MR) is 214 cm³/mol. The third-order valence-corrected chi connectivity index (χ3v) is 10.2. The number of β-amino-alcohol motifs (C(OH)–C–C–N with tert-alkyl or cyclic N) is 1. The van der Waals surface area contributed by atoms with Gasteiger partial charge in [0.1, 0.15) is 49.2 Å². The first-order valence-electron chi connectivity index (χ1n) is 18.5. The van der Waals surface area contributed by atoms with Crippen LogP contribution in [0.4, 0.5) is 0 Å². The van der Waals surface area contributed by atoms with E-state index in [9.17, 15) is 20.3 Å². The van der Waals surface area contributed by atoms with E-state index in [1.165, 1.54) is 6.20 Å². The lowest BCUT2D eigenvalue weighted by atomic mass is 9.89. The lowest BCUT2D eigenvalue weighted by Crippen LogP contribution is -2.35. The second-order valence-corrected chi connectivity index (χ2v) is 14.2. The van der Waals surface area contributed by atoms with Crippen molar-refractivity contribution in [1.29, 1.82) is 5.26 Å². The van der Waals surface area contributed by atoms with Crippen LogP contribution in [0.25, 0.3) is 22.3 Å². The monoisotopic (exact) mass is 776 g/mol. The Morgan fingerprint density at radius 3 is 2.39 bits per heavy atom. The molecule has 1 aromatic heterocycles. The van der Waals surface area contributed by atoms with Gasteiger partial charge >= 0.3 is 5.97 Å². The minimum Gasteiger partial charge on any atom is -0.492 e. The summed E-state index contributed by atoms with van der Waals surface area (Å²) in [6.07, 6.45) is 2.46. The summed E-state index contributed by atoms with van der Waals surface area (Å²) in [5, 5.41) is 41.8. The van der Waals surface area contributed by atoms with Crippen LogP contribution in [0.5, 0.6) is 17.2 Å². The molecule has 0 saturated carbocycles. The Morgan fingerprint density at radius 1 is 0.911 bits per heavy atom. The number of aliphatic hydroxyl groups excluding tert-OH is 2. The topological polar surface area (TPSA) is 157 Å². The molecule has 12 heteroatoms. The summed E-state index contributed by atoms with van der Waals surface area (Å²) >= 11 is 6.82. The van der Waals surface area contributed by atoms with E-state index in [-0.39, 0.29) is 39.3 Å². The van der Waals surface area contributed by atoms with Crippen LogP contribution in [0.2, 0.25) is 5.02 Å². The molecule has 0 bridgehead atoms. The van der Waals surface area contributed by atoms with Crippen LogP contribution in [0.15, 0.2) is 91.3 Å². The molecule has 1 saturated heterocycles. The quantitative estimate of drug-likeness (QED) is 0.0746. The van der Waals surface area contributed by atoms with Gasteiger partial charge in [0, 0.05) is 62.2 Å². The van der Waals surface area contributed by atoms with Crippen LogP contribution < -0.4 is 19.5 Å². The normalized spacial score (nSPS) is 15.4. The number of benzene rings is 4. The van der Waals surface area contributed by atoms with Crippen LogP contribution in [0, 0.1) is 25.2 Å². The Balaban J connectivity index is 1.21. The lowest BCUT2D eigenvalue weighted by molar-refractivity contribution is -0.142. The molecule has 1 fully saturated rings. The van der Waals surface area contributed by atoms with Crippen molar-refractivity contribution in [3.63, 3.8) is 0 Å². The van der Waals surface area contributed by atoms with E-state index in [1.54, 1.807) is 29.3 Å².